The van der Waals surface area contributed by atoms with Crippen molar-refractivity contribution in [3.05, 3.63) is 71.0 Å². The SMILES string of the molecule is Cc1cc(C(=O)N2CCN([C@@H]3CCCC[C@H]3C(=O)N[C@H](C(N)=O)c3ccccc3)CC2)ccc1F. The summed E-state index contributed by atoms with van der Waals surface area (Å²) in [5, 5.41) is 2.89. The zero-order chi connectivity index (χ0) is 24.9. The summed E-state index contributed by atoms with van der Waals surface area (Å²) >= 11 is 0. The van der Waals surface area contributed by atoms with Crippen molar-refractivity contribution in [2.75, 3.05) is 26.2 Å². The number of nitrogens with zero attached hydrogens (tertiary/aromatic N) is 2. The van der Waals surface area contributed by atoms with E-state index in [0.29, 0.717) is 42.9 Å². The predicted molar refractivity (Wildman–Crippen MR) is 131 cm³/mol. The number of nitrogens with two attached hydrogens (primary N) is 1. The van der Waals surface area contributed by atoms with Crippen LogP contribution >= 0.6 is 0 Å². The largest absolute Gasteiger partial charge is 0.368 e. The fourth-order valence-corrected chi connectivity index (χ4v) is 5.28. The number of piperazine rings is 1. The lowest BCUT2D eigenvalue weighted by Crippen LogP contribution is -2.56. The van der Waals surface area contributed by atoms with E-state index in [2.05, 4.69) is 10.2 Å². The minimum Gasteiger partial charge on any atom is -0.368 e. The quantitative estimate of drug-likeness (QED) is 0.665. The number of benzene rings is 2. The Morgan fingerprint density at radius 2 is 1.69 bits per heavy atom. The Kier molecular flexibility index (Phi) is 7.80. The van der Waals surface area contributed by atoms with E-state index < -0.39 is 11.9 Å². The van der Waals surface area contributed by atoms with Gasteiger partial charge in [-0.05, 0) is 49.1 Å². The maximum absolute atomic E-state index is 13.6. The molecule has 1 saturated heterocycles. The van der Waals surface area contributed by atoms with Crippen LogP contribution < -0.4 is 11.1 Å². The normalized spacial score (nSPS) is 21.8. The molecule has 2 aliphatic rings. The average Bonchev–Trinajstić information content (AvgIpc) is 2.88. The molecule has 0 unspecified atom stereocenters. The average molecular weight is 481 g/mol. The summed E-state index contributed by atoms with van der Waals surface area (Å²) in [6.07, 6.45) is 3.66. The Bertz CT molecular complexity index is 1070. The highest BCUT2D eigenvalue weighted by Crippen LogP contribution is 2.30. The molecule has 2 aromatic carbocycles. The number of carbonyl (C=O) groups excluding carboxylic acids is 3. The van der Waals surface area contributed by atoms with Gasteiger partial charge in [-0.2, -0.15) is 0 Å². The monoisotopic (exact) mass is 480 g/mol. The van der Waals surface area contributed by atoms with Crippen molar-refractivity contribution in [2.24, 2.45) is 11.7 Å². The Labute approximate surface area is 205 Å². The van der Waals surface area contributed by atoms with Crippen LogP contribution in [0.2, 0.25) is 0 Å². The van der Waals surface area contributed by atoms with Gasteiger partial charge in [0.2, 0.25) is 11.8 Å². The van der Waals surface area contributed by atoms with Gasteiger partial charge in [0, 0.05) is 37.8 Å². The fourth-order valence-electron chi connectivity index (χ4n) is 5.28. The van der Waals surface area contributed by atoms with E-state index in [9.17, 15) is 18.8 Å². The summed E-state index contributed by atoms with van der Waals surface area (Å²) in [5.74, 6) is -1.39. The highest BCUT2D eigenvalue weighted by molar-refractivity contribution is 5.94. The smallest absolute Gasteiger partial charge is 0.253 e. The first-order valence-electron chi connectivity index (χ1n) is 12.3. The zero-order valence-electron chi connectivity index (χ0n) is 20.1. The van der Waals surface area contributed by atoms with Crippen LogP contribution in [0, 0.1) is 18.7 Å². The zero-order valence-corrected chi connectivity index (χ0v) is 20.1. The molecule has 186 valence electrons. The first-order valence-corrected chi connectivity index (χ1v) is 12.3. The van der Waals surface area contributed by atoms with Crippen LogP contribution in [-0.2, 0) is 9.59 Å². The number of amides is 3. The molecule has 2 fully saturated rings. The summed E-state index contributed by atoms with van der Waals surface area (Å²) in [5.41, 5.74) is 7.23. The van der Waals surface area contributed by atoms with Gasteiger partial charge in [-0.3, -0.25) is 19.3 Å². The summed E-state index contributed by atoms with van der Waals surface area (Å²) in [6.45, 7) is 4.08. The molecular weight excluding hydrogens is 447 g/mol. The number of primary amides is 1. The van der Waals surface area contributed by atoms with Gasteiger partial charge < -0.3 is 16.0 Å². The van der Waals surface area contributed by atoms with Crippen molar-refractivity contribution in [1.29, 1.82) is 0 Å². The molecule has 1 aliphatic heterocycles. The van der Waals surface area contributed by atoms with E-state index in [-0.39, 0.29) is 29.6 Å². The molecule has 1 aliphatic carbocycles. The van der Waals surface area contributed by atoms with E-state index in [1.165, 1.54) is 12.1 Å². The number of hydrogen-bond donors (Lipinski definition) is 2. The van der Waals surface area contributed by atoms with Crippen LogP contribution in [0.1, 0.15) is 53.2 Å². The lowest BCUT2D eigenvalue weighted by atomic mass is 9.82. The maximum Gasteiger partial charge on any atom is 0.253 e. The topological polar surface area (TPSA) is 95.7 Å². The third-order valence-corrected chi connectivity index (χ3v) is 7.25. The predicted octanol–water partition coefficient (Wildman–Crippen LogP) is 2.79. The second-order valence-corrected chi connectivity index (χ2v) is 9.51. The molecule has 2 aromatic rings. The molecule has 1 saturated carbocycles. The van der Waals surface area contributed by atoms with Gasteiger partial charge in [0.25, 0.3) is 5.91 Å². The molecule has 0 spiro atoms. The summed E-state index contributed by atoms with van der Waals surface area (Å²) < 4.78 is 13.6. The van der Waals surface area contributed by atoms with E-state index in [4.69, 9.17) is 5.73 Å². The van der Waals surface area contributed by atoms with E-state index in [1.54, 1.807) is 30.0 Å². The highest BCUT2D eigenvalue weighted by Gasteiger charge is 2.38. The Balaban J connectivity index is 1.40. The van der Waals surface area contributed by atoms with Gasteiger partial charge in [-0.1, -0.05) is 43.2 Å². The van der Waals surface area contributed by atoms with E-state index in [1.807, 2.05) is 18.2 Å². The Hall–Kier alpha value is -3.26. The minimum atomic E-state index is -0.861. The molecule has 3 N–H and O–H groups in total. The van der Waals surface area contributed by atoms with Crippen LogP contribution in [0.4, 0.5) is 4.39 Å². The van der Waals surface area contributed by atoms with Crippen molar-refractivity contribution < 1.29 is 18.8 Å². The molecule has 0 radical (unpaired) electrons. The lowest BCUT2D eigenvalue weighted by molar-refractivity contribution is -0.133. The van der Waals surface area contributed by atoms with Gasteiger partial charge in [0.15, 0.2) is 0 Å². The first kappa shape index (κ1) is 24.9. The summed E-state index contributed by atoms with van der Waals surface area (Å²) in [4.78, 5) is 42.4. The third kappa shape index (κ3) is 5.70. The van der Waals surface area contributed by atoms with Crippen LogP contribution in [0.15, 0.2) is 48.5 Å². The second-order valence-electron chi connectivity index (χ2n) is 9.51. The Morgan fingerprint density at radius 3 is 2.34 bits per heavy atom. The van der Waals surface area contributed by atoms with Gasteiger partial charge >= 0.3 is 0 Å². The van der Waals surface area contributed by atoms with Crippen LogP contribution in [0.25, 0.3) is 0 Å². The van der Waals surface area contributed by atoms with Gasteiger partial charge in [-0.15, -0.1) is 0 Å². The molecule has 35 heavy (non-hydrogen) atoms. The molecule has 7 nitrogen and oxygen atoms in total. The van der Waals surface area contributed by atoms with Gasteiger partial charge in [0.05, 0.1) is 5.92 Å². The van der Waals surface area contributed by atoms with Crippen molar-refractivity contribution in [3.63, 3.8) is 0 Å². The lowest BCUT2D eigenvalue weighted by Gasteiger charge is -2.44. The van der Waals surface area contributed by atoms with Crippen molar-refractivity contribution in [1.82, 2.24) is 15.1 Å². The molecule has 0 aromatic heterocycles. The standard InChI is InChI=1S/C27H33FN4O3/c1-18-17-20(11-12-22(18)28)27(35)32-15-13-31(14-16-32)23-10-6-5-9-21(23)26(34)30-24(25(29)33)19-7-3-2-4-8-19/h2-4,7-8,11-12,17,21,23-24H,5-6,9-10,13-16H2,1H3,(H2,29,33)(H,30,34)/t21-,23-,24+/m1/s1. The van der Waals surface area contributed by atoms with Crippen LogP contribution in [0.3, 0.4) is 0 Å². The summed E-state index contributed by atoms with van der Waals surface area (Å²) in [7, 11) is 0. The third-order valence-electron chi connectivity index (χ3n) is 7.25. The summed E-state index contributed by atoms with van der Waals surface area (Å²) in [6, 6.07) is 12.7. The highest BCUT2D eigenvalue weighted by atomic mass is 19.1. The maximum atomic E-state index is 13.6. The van der Waals surface area contributed by atoms with Gasteiger partial charge in [-0.25, -0.2) is 4.39 Å². The fraction of sp³-hybridized carbons (Fsp3) is 0.444. The van der Waals surface area contributed by atoms with E-state index in [0.717, 1.165) is 25.7 Å². The molecule has 3 atom stereocenters. The van der Waals surface area contributed by atoms with Crippen molar-refractivity contribution >= 4 is 17.7 Å². The Morgan fingerprint density at radius 1 is 1.00 bits per heavy atom. The number of aryl methyl sites for hydroxylation is 1. The number of hydrogen-bond acceptors (Lipinski definition) is 4. The van der Waals surface area contributed by atoms with Crippen LogP contribution in [-0.4, -0.2) is 59.7 Å². The molecule has 4 rings (SSSR count). The molecule has 0 bridgehead atoms. The molecule has 1 heterocycles. The molecular formula is C27H33FN4O3. The second kappa shape index (κ2) is 11.0. The molecule has 3 amide bonds. The number of carbonyl (C=O) groups is 3. The van der Waals surface area contributed by atoms with Crippen LogP contribution in [0.5, 0.6) is 0 Å². The number of nitrogens with one attached hydrogen (secondary N) is 1. The minimum absolute atomic E-state index is 0.0540. The number of halogens is 1. The van der Waals surface area contributed by atoms with Crippen molar-refractivity contribution in [2.45, 2.75) is 44.7 Å². The van der Waals surface area contributed by atoms with Gasteiger partial charge in [0.1, 0.15) is 11.9 Å². The molecule has 8 heteroatoms. The first-order chi connectivity index (χ1) is 16.8. The number of rotatable bonds is 6. The van der Waals surface area contributed by atoms with Crippen molar-refractivity contribution in [3.8, 4) is 0 Å². The van der Waals surface area contributed by atoms with E-state index >= 15 is 0 Å².